The summed E-state index contributed by atoms with van der Waals surface area (Å²) in [5, 5.41) is 5.38. The lowest BCUT2D eigenvalue weighted by atomic mass is 9.94. The Labute approximate surface area is 162 Å². The standard InChI is InChI=1S/C17H23N3O5S2/c1-3-15(22)19-16-8-12-6-7-20(10-14(12)25-16)27(23,24)17-5-4-13(26-17)9-18-11(2)21/h3-5,12,14,16H,1,6-10H2,2H3,(H,18,21)(H,19,22). The number of hydrogen-bond donors (Lipinski definition) is 2. The summed E-state index contributed by atoms with van der Waals surface area (Å²) in [5.41, 5.74) is 0. The molecule has 0 aromatic carbocycles. The van der Waals surface area contributed by atoms with Gasteiger partial charge in [-0.1, -0.05) is 6.58 Å². The highest BCUT2D eigenvalue weighted by Crippen LogP contribution is 2.35. The molecule has 0 bridgehead atoms. The number of nitrogens with zero attached hydrogens (tertiary/aromatic N) is 1. The molecule has 1 aromatic rings. The Morgan fingerprint density at radius 1 is 1.44 bits per heavy atom. The molecule has 2 aliphatic heterocycles. The number of hydrogen-bond acceptors (Lipinski definition) is 6. The van der Waals surface area contributed by atoms with E-state index in [0.717, 1.165) is 16.2 Å². The number of carbonyl (C=O) groups excluding carboxylic acids is 2. The van der Waals surface area contributed by atoms with Crippen molar-refractivity contribution in [2.75, 3.05) is 13.1 Å². The number of rotatable bonds is 6. The Bertz CT molecular complexity index is 835. The lowest BCUT2D eigenvalue weighted by Gasteiger charge is -2.32. The van der Waals surface area contributed by atoms with Crippen LogP contribution in [0.25, 0.3) is 0 Å². The Hall–Kier alpha value is -1.75. The number of fused-ring (bicyclic) bond motifs is 1. The minimum absolute atomic E-state index is 0.161. The summed E-state index contributed by atoms with van der Waals surface area (Å²) in [6.07, 6.45) is 1.92. The Morgan fingerprint density at radius 3 is 2.93 bits per heavy atom. The van der Waals surface area contributed by atoms with Crippen LogP contribution in [0.1, 0.15) is 24.6 Å². The van der Waals surface area contributed by atoms with Gasteiger partial charge in [0.15, 0.2) is 0 Å². The van der Waals surface area contributed by atoms with Gasteiger partial charge < -0.3 is 15.4 Å². The van der Waals surface area contributed by atoms with Gasteiger partial charge in [-0.05, 0) is 37.0 Å². The fourth-order valence-corrected chi connectivity index (χ4v) is 6.28. The number of sulfonamides is 1. The van der Waals surface area contributed by atoms with Gasteiger partial charge in [-0.3, -0.25) is 9.59 Å². The van der Waals surface area contributed by atoms with Gasteiger partial charge in [0.1, 0.15) is 10.4 Å². The van der Waals surface area contributed by atoms with Gasteiger partial charge in [0.05, 0.1) is 12.6 Å². The van der Waals surface area contributed by atoms with E-state index in [0.29, 0.717) is 25.9 Å². The molecular weight excluding hydrogens is 390 g/mol. The second-order valence-corrected chi connectivity index (χ2v) is 9.99. The van der Waals surface area contributed by atoms with Crippen LogP contribution in [0, 0.1) is 5.92 Å². The van der Waals surface area contributed by atoms with Crippen molar-refractivity contribution in [2.24, 2.45) is 5.92 Å². The van der Waals surface area contributed by atoms with E-state index in [1.54, 1.807) is 12.1 Å². The van der Waals surface area contributed by atoms with E-state index in [1.807, 2.05) is 0 Å². The van der Waals surface area contributed by atoms with Gasteiger partial charge in [-0.15, -0.1) is 11.3 Å². The highest BCUT2D eigenvalue weighted by molar-refractivity contribution is 7.91. The molecular formula is C17H23N3O5S2. The molecule has 27 heavy (non-hydrogen) atoms. The van der Waals surface area contributed by atoms with Gasteiger partial charge in [-0.25, -0.2) is 8.42 Å². The van der Waals surface area contributed by atoms with Crippen LogP contribution < -0.4 is 10.6 Å². The summed E-state index contributed by atoms with van der Waals surface area (Å²) >= 11 is 1.16. The number of carbonyl (C=O) groups is 2. The molecule has 3 unspecified atom stereocenters. The molecule has 10 heteroatoms. The molecule has 8 nitrogen and oxygen atoms in total. The van der Waals surface area contributed by atoms with E-state index in [1.165, 1.54) is 17.3 Å². The fourth-order valence-electron chi connectivity index (χ4n) is 3.36. The second kappa shape index (κ2) is 8.09. The Balaban J connectivity index is 1.64. The smallest absolute Gasteiger partial charge is 0.252 e. The summed E-state index contributed by atoms with van der Waals surface area (Å²) in [7, 11) is -3.61. The van der Waals surface area contributed by atoms with Crippen molar-refractivity contribution in [3.05, 3.63) is 29.7 Å². The predicted molar refractivity (Wildman–Crippen MR) is 100 cm³/mol. The zero-order chi connectivity index (χ0) is 19.6. The molecule has 0 radical (unpaired) electrons. The fraction of sp³-hybridized carbons (Fsp3) is 0.529. The molecule has 3 atom stereocenters. The molecule has 2 amide bonds. The van der Waals surface area contributed by atoms with Gasteiger partial charge in [-0.2, -0.15) is 4.31 Å². The zero-order valence-corrected chi connectivity index (χ0v) is 16.6. The van der Waals surface area contributed by atoms with Gasteiger partial charge in [0.25, 0.3) is 10.0 Å². The van der Waals surface area contributed by atoms with E-state index in [2.05, 4.69) is 17.2 Å². The van der Waals surface area contributed by atoms with Crippen LogP contribution in [0.15, 0.2) is 29.0 Å². The number of nitrogens with one attached hydrogen (secondary N) is 2. The minimum Gasteiger partial charge on any atom is -0.354 e. The number of ether oxygens (including phenoxy) is 1. The van der Waals surface area contributed by atoms with Crippen LogP contribution in [-0.4, -0.2) is 50.0 Å². The lowest BCUT2D eigenvalue weighted by molar-refractivity contribution is -0.121. The summed E-state index contributed by atoms with van der Waals surface area (Å²) < 4.78 is 33.4. The minimum atomic E-state index is -3.61. The maximum atomic E-state index is 12.9. The molecule has 2 aliphatic rings. The number of amides is 2. The lowest BCUT2D eigenvalue weighted by Crippen LogP contribution is -2.45. The van der Waals surface area contributed by atoms with Crippen LogP contribution in [0.5, 0.6) is 0 Å². The second-order valence-electron chi connectivity index (χ2n) is 6.65. The van der Waals surface area contributed by atoms with Crippen molar-refractivity contribution in [3.63, 3.8) is 0 Å². The maximum absolute atomic E-state index is 12.9. The van der Waals surface area contributed by atoms with Crippen molar-refractivity contribution in [1.82, 2.24) is 14.9 Å². The molecule has 2 saturated heterocycles. The summed E-state index contributed by atoms with van der Waals surface area (Å²) in [5.74, 6) is -0.231. The summed E-state index contributed by atoms with van der Waals surface area (Å²) in [6.45, 7) is 5.85. The Kier molecular flexibility index (Phi) is 5.99. The first-order valence-electron chi connectivity index (χ1n) is 8.71. The third-order valence-electron chi connectivity index (χ3n) is 4.75. The number of thiophene rings is 1. The molecule has 0 spiro atoms. The third kappa shape index (κ3) is 4.57. The maximum Gasteiger partial charge on any atom is 0.252 e. The normalized spacial score (nSPS) is 25.6. The predicted octanol–water partition coefficient (Wildman–Crippen LogP) is 0.812. The molecule has 0 saturated carbocycles. The van der Waals surface area contributed by atoms with E-state index in [-0.39, 0.29) is 34.6 Å². The van der Waals surface area contributed by atoms with Gasteiger partial charge in [0.2, 0.25) is 11.8 Å². The first-order valence-corrected chi connectivity index (χ1v) is 11.0. The summed E-state index contributed by atoms with van der Waals surface area (Å²) in [4.78, 5) is 23.2. The van der Waals surface area contributed by atoms with Crippen molar-refractivity contribution >= 4 is 33.2 Å². The molecule has 2 fully saturated rings. The Morgan fingerprint density at radius 2 is 2.22 bits per heavy atom. The molecule has 0 aliphatic carbocycles. The first kappa shape index (κ1) is 20.0. The van der Waals surface area contributed by atoms with E-state index in [9.17, 15) is 18.0 Å². The molecule has 2 N–H and O–H groups in total. The molecule has 1 aromatic heterocycles. The van der Waals surface area contributed by atoms with E-state index < -0.39 is 16.3 Å². The third-order valence-corrected chi connectivity index (χ3v) is 8.16. The van der Waals surface area contributed by atoms with Gasteiger partial charge in [0, 0.05) is 24.9 Å². The molecule has 3 heterocycles. The van der Waals surface area contributed by atoms with E-state index in [4.69, 9.17) is 4.74 Å². The van der Waals surface area contributed by atoms with Crippen LogP contribution in [0.3, 0.4) is 0 Å². The average molecular weight is 414 g/mol. The van der Waals surface area contributed by atoms with Crippen molar-refractivity contribution in [1.29, 1.82) is 0 Å². The topological polar surface area (TPSA) is 105 Å². The first-order chi connectivity index (χ1) is 12.8. The average Bonchev–Trinajstić information content (AvgIpc) is 3.25. The monoisotopic (exact) mass is 413 g/mol. The zero-order valence-electron chi connectivity index (χ0n) is 15.0. The molecule has 148 valence electrons. The highest BCUT2D eigenvalue weighted by Gasteiger charge is 2.42. The quantitative estimate of drug-likeness (QED) is 0.672. The number of piperidine rings is 1. The van der Waals surface area contributed by atoms with Crippen molar-refractivity contribution in [2.45, 2.75) is 42.9 Å². The van der Waals surface area contributed by atoms with Crippen LogP contribution in [-0.2, 0) is 30.9 Å². The summed E-state index contributed by atoms with van der Waals surface area (Å²) in [6, 6.07) is 3.29. The van der Waals surface area contributed by atoms with Crippen molar-refractivity contribution < 1.29 is 22.7 Å². The van der Waals surface area contributed by atoms with Crippen LogP contribution in [0.4, 0.5) is 0 Å². The van der Waals surface area contributed by atoms with Crippen LogP contribution >= 0.6 is 11.3 Å². The molecule has 3 rings (SSSR count). The van der Waals surface area contributed by atoms with Crippen molar-refractivity contribution in [3.8, 4) is 0 Å². The van der Waals surface area contributed by atoms with Crippen LogP contribution in [0.2, 0.25) is 0 Å². The highest BCUT2D eigenvalue weighted by atomic mass is 32.2. The largest absolute Gasteiger partial charge is 0.354 e. The van der Waals surface area contributed by atoms with E-state index >= 15 is 0 Å². The van der Waals surface area contributed by atoms with Gasteiger partial charge >= 0.3 is 0 Å². The SMILES string of the molecule is C=CC(=O)NC1CC2CCN(S(=O)(=O)c3ccc(CNC(C)=O)s3)CC2O1.